The molecule has 5 rings (SSSR count). The Bertz CT molecular complexity index is 1080. The quantitative estimate of drug-likeness (QED) is 0.589. The number of ether oxygens (including phenoxy) is 2. The molecule has 0 N–H and O–H groups in total. The molecule has 3 heterocycles. The van der Waals surface area contributed by atoms with Gasteiger partial charge in [-0.3, -0.25) is 9.69 Å². The zero-order chi connectivity index (χ0) is 19.1. The Morgan fingerprint density at radius 3 is 2.79 bits per heavy atom. The molecule has 0 fully saturated rings. The van der Waals surface area contributed by atoms with Crippen LogP contribution in [0.1, 0.15) is 31.9 Å². The fourth-order valence-electron chi connectivity index (χ4n) is 3.60. The Labute approximate surface area is 167 Å². The number of thiophene rings is 1. The molecule has 5 heteroatoms. The highest BCUT2D eigenvalue weighted by atomic mass is 32.1. The van der Waals surface area contributed by atoms with Crippen molar-refractivity contribution in [3.05, 3.63) is 86.8 Å². The summed E-state index contributed by atoms with van der Waals surface area (Å²) in [6.45, 7) is 4.03. The van der Waals surface area contributed by atoms with Crippen molar-refractivity contribution in [1.82, 2.24) is 4.90 Å². The lowest BCUT2D eigenvalue weighted by Gasteiger charge is -2.29. The third-order valence-corrected chi connectivity index (χ3v) is 6.06. The molecule has 140 valence electrons. The number of benzene rings is 2. The first-order chi connectivity index (χ1) is 13.7. The number of carbonyl (C=O) groups excluding carboxylic acids is 1. The van der Waals surface area contributed by atoms with E-state index in [4.69, 9.17) is 9.47 Å². The van der Waals surface area contributed by atoms with Crippen LogP contribution in [0.25, 0.3) is 6.08 Å². The van der Waals surface area contributed by atoms with E-state index in [0.29, 0.717) is 30.3 Å². The minimum atomic E-state index is -0.0641. The summed E-state index contributed by atoms with van der Waals surface area (Å²) in [5.74, 6) is 1.75. The Morgan fingerprint density at radius 1 is 1.14 bits per heavy atom. The van der Waals surface area contributed by atoms with E-state index in [1.165, 1.54) is 5.56 Å². The van der Waals surface area contributed by atoms with Crippen LogP contribution in [-0.4, -0.2) is 17.4 Å². The van der Waals surface area contributed by atoms with E-state index in [2.05, 4.69) is 17.0 Å². The van der Waals surface area contributed by atoms with Crippen LogP contribution in [0.15, 0.2) is 59.7 Å². The first-order valence-electron chi connectivity index (χ1n) is 9.22. The highest BCUT2D eigenvalue weighted by molar-refractivity contribution is 7.11. The summed E-state index contributed by atoms with van der Waals surface area (Å²) < 4.78 is 12.0. The van der Waals surface area contributed by atoms with Crippen molar-refractivity contribution >= 4 is 23.2 Å². The van der Waals surface area contributed by atoms with Crippen LogP contribution in [0, 0.1) is 6.92 Å². The molecule has 0 spiro atoms. The van der Waals surface area contributed by atoms with E-state index in [-0.39, 0.29) is 5.78 Å². The molecule has 0 radical (unpaired) electrons. The van der Waals surface area contributed by atoms with Crippen LogP contribution >= 0.6 is 11.3 Å². The lowest BCUT2D eigenvalue weighted by Crippen LogP contribution is -2.31. The molecule has 0 bridgehead atoms. The number of allylic oxidation sites excluding steroid dienone is 1. The molecule has 2 aliphatic heterocycles. The van der Waals surface area contributed by atoms with Gasteiger partial charge in [0.25, 0.3) is 0 Å². The second kappa shape index (κ2) is 6.93. The summed E-state index contributed by atoms with van der Waals surface area (Å²) in [4.78, 5) is 16.1. The average Bonchev–Trinajstić information content (AvgIpc) is 3.26. The number of nitrogens with zero attached hydrogens (tertiary/aromatic N) is 1. The fourth-order valence-corrected chi connectivity index (χ4v) is 4.45. The van der Waals surface area contributed by atoms with Crippen LogP contribution in [0.2, 0.25) is 0 Å². The van der Waals surface area contributed by atoms with Crippen molar-refractivity contribution in [2.75, 3.05) is 6.73 Å². The molecular formula is C23H19NO3S. The standard InChI is InChI=1S/C23H19NO3S/c1-15-9-10-28-21(15)11-20-22(25)17-7-8-19-18(23(17)27-20)13-24(14-26-19)12-16-5-3-2-4-6-16/h2-11H,12-14H2,1H3/b20-11-. The van der Waals surface area contributed by atoms with Crippen molar-refractivity contribution < 1.29 is 14.3 Å². The molecule has 0 atom stereocenters. The predicted octanol–water partition coefficient (Wildman–Crippen LogP) is 5.02. The van der Waals surface area contributed by atoms with E-state index in [0.717, 1.165) is 28.3 Å². The second-order valence-corrected chi connectivity index (χ2v) is 8.02. The van der Waals surface area contributed by atoms with Gasteiger partial charge < -0.3 is 9.47 Å². The fraction of sp³-hybridized carbons (Fsp3) is 0.174. The van der Waals surface area contributed by atoms with Crippen molar-refractivity contribution in [2.24, 2.45) is 0 Å². The monoisotopic (exact) mass is 389 g/mol. The highest BCUT2D eigenvalue weighted by Crippen LogP contribution is 2.42. The largest absolute Gasteiger partial charge is 0.478 e. The van der Waals surface area contributed by atoms with E-state index in [1.807, 2.05) is 54.8 Å². The van der Waals surface area contributed by atoms with Crippen LogP contribution in [0.3, 0.4) is 0 Å². The maximum atomic E-state index is 12.8. The first-order valence-corrected chi connectivity index (χ1v) is 10.1. The van der Waals surface area contributed by atoms with Crippen molar-refractivity contribution in [3.63, 3.8) is 0 Å². The number of hydrogen-bond acceptors (Lipinski definition) is 5. The molecule has 28 heavy (non-hydrogen) atoms. The van der Waals surface area contributed by atoms with Crippen molar-refractivity contribution in [1.29, 1.82) is 0 Å². The second-order valence-electron chi connectivity index (χ2n) is 7.07. The molecular weight excluding hydrogens is 370 g/mol. The van der Waals surface area contributed by atoms with Gasteiger partial charge in [-0.05, 0) is 41.6 Å². The van der Waals surface area contributed by atoms with Gasteiger partial charge in [-0.2, -0.15) is 0 Å². The summed E-state index contributed by atoms with van der Waals surface area (Å²) in [7, 11) is 0. The predicted molar refractivity (Wildman–Crippen MR) is 110 cm³/mol. The number of rotatable bonds is 3. The molecule has 1 aromatic heterocycles. The van der Waals surface area contributed by atoms with Gasteiger partial charge in [0.05, 0.1) is 11.1 Å². The lowest BCUT2D eigenvalue weighted by molar-refractivity contribution is 0.0873. The smallest absolute Gasteiger partial charge is 0.232 e. The Morgan fingerprint density at radius 2 is 2.00 bits per heavy atom. The number of carbonyl (C=O) groups is 1. The summed E-state index contributed by atoms with van der Waals surface area (Å²) in [6.07, 6.45) is 1.85. The van der Waals surface area contributed by atoms with Gasteiger partial charge in [0.15, 0.2) is 5.76 Å². The molecule has 4 nitrogen and oxygen atoms in total. The van der Waals surface area contributed by atoms with Gasteiger partial charge in [-0.1, -0.05) is 30.3 Å². The summed E-state index contributed by atoms with van der Waals surface area (Å²) in [6, 6.07) is 16.0. The van der Waals surface area contributed by atoms with Crippen molar-refractivity contribution in [2.45, 2.75) is 20.0 Å². The number of Topliss-reactive ketones (excluding diaryl/α,β-unsaturated/α-hetero) is 1. The topological polar surface area (TPSA) is 38.8 Å². The van der Waals surface area contributed by atoms with Gasteiger partial charge in [-0.15, -0.1) is 11.3 Å². The van der Waals surface area contributed by atoms with Gasteiger partial charge >= 0.3 is 0 Å². The van der Waals surface area contributed by atoms with E-state index >= 15 is 0 Å². The Hall–Kier alpha value is -2.89. The Balaban J connectivity index is 1.45. The summed E-state index contributed by atoms with van der Waals surface area (Å²) in [5.41, 5.74) is 3.93. The molecule has 0 amide bonds. The number of aryl methyl sites for hydroxylation is 1. The molecule has 0 saturated carbocycles. The number of fused-ring (bicyclic) bond motifs is 3. The van der Waals surface area contributed by atoms with Gasteiger partial charge in [0, 0.05) is 24.0 Å². The molecule has 0 saturated heterocycles. The van der Waals surface area contributed by atoms with Crippen LogP contribution < -0.4 is 9.47 Å². The van der Waals surface area contributed by atoms with E-state index in [1.54, 1.807) is 11.3 Å². The van der Waals surface area contributed by atoms with E-state index in [9.17, 15) is 4.79 Å². The average molecular weight is 389 g/mol. The first kappa shape index (κ1) is 17.2. The minimum absolute atomic E-state index is 0.0641. The molecule has 3 aromatic rings. The minimum Gasteiger partial charge on any atom is -0.478 e. The van der Waals surface area contributed by atoms with Gasteiger partial charge in [-0.25, -0.2) is 0 Å². The SMILES string of the molecule is Cc1ccsc1/C=C1\Oc2c(ccc3c2CN(Cc2ccccc2)CO3)C1=O. The lowest BCUT2D eigenvalue weighted by atomic mass is 10.0. The third kappa shape index (κ3) is 3.03. The highest BCUT2D eigenvalue weighted by Gasteiger charge is 2.33. The molecule has 0 aliphatic carbocycles. The maximum Gasteiger partial charge on any atom is 0.232 e. The normalized spacial score (nSPS) is 17.2. The Kier molecular flexibility index (Phi) is 4.26. The molecule has 2 aliphatic rings. The van der Waals surface area contributed by atoms with Crippen molar-refractivity contribution in [3.8, 4) is 11.5 Å². The van der Waals surface area contributed by atoms with Crippen LogP contribution in [-0.2, 0) is 13.1 Å². The van der Waals surface area contributed by atoms with E-state index < -0.39 is 0 Å². The van der Waals surface area contributed by atoms with Crippen LogP contribution in [0.4, 0.5) is 0 Å². The molecule has 2 aromatic carbocycles. The maximum absolute atomic E-state index is 12.8. The molecule has 0 unspecified atom stereocenters. The zero-order valence-electron chi connectivity index (χ0n) is 15.5. The summed E-state index contributed by atoms with van der Waals surface area (Å²) >= 11 is 1.61. The van der Waals surface area contributed by atoms with Crippen LogP contribution in [0.5, 0.6) is 11.5 Å². The number of ketones is 1. The van der Waals surface area contributed by atoms with Gasteiger partial charge in [0.2, 0.25) is 5.78 Å². The number of hydrogen-bond donors (Lipinski definition) is 0. The van der Waals surface area contributed by atoms with Gasteiger partial charge in [0.1, 0.15) is 18.2 Å². The third-order valence-electron chi connectivity index (χ3n) is 5.10. The zero-order valence-corrected chi connectivity index (χ0v) is 16.3. The summed E-state index contributed by atoms with van der Waals surface area (Å²) in [5, 5.41) is 2.02.